The van der Waals surface area contributed by atoms with E-state index in [4.69, 9.17) is 5.10 Å². The lowest BCUT2D eigenvalue weighted by molar-refractivity contribution is -0.116. The lowest BCUT2D eigenvalue weighted by Crippen LogP contribution is -2.20. The molecule has 0 aliphatic carbocycles. The van der Waals surface area contributed by atoms with Crippen molar-refractivity contribution in [2.75, 3.05) is 0 Å². The highest BCUT2D eigenvalue weighted by molar-refractivity contribution is 5.92. The van der Waals surface area contributed by atoms with Crippen LogP contribution in [0.2, 0.25) is 0 Å². The van der Waals surface area contributed by atoms with Gasteiger partial charge >= 0.3 is 6.61 Å². The molecule has 0 fully saturated rings. The Morgan fingerprint density at radius 2 is 1.88 bits per heavy atom. The third-order valence-corrected chi connectivity index (χ3v) is 4.92. The Balaban J connectivity index is 1.47. The van der Waals surface area contributed by atoms with Gasteiger partial charge in [0.25, 0.3) is 0 Å². The van der Waals surface area contributed by atoms with Gasteiger partial charge in [0.15, 0.2) is 0 Å². The molecule has 4 aromatic rings. The second kappa shape index (κ2) is 11.0. The number of nitrogens with zero attached hydrogens (tertiary/aromatic N) is 3. The largest absolute Gasteiger partial charge is 0.435 e. The van der Waals surface area contributed by atoms with Crippen LogP contribution in [0.1, 0.15) is 16.7 Å². The number of hydrogen-bond acceptors (Lipinski definition) is 4. The van der Waals surface area contributed by atoms with E-state index in [1.807, 2.05) is 53.3 Å². The first kappa shape index (κ1) is 22.8. The molecule has 0 spiro atoms. The molecule has 1 amide bonds. The van der Waals surface area contributed by atoms with Crippen LogP contribution < -0.4 is 10.1 Å². The van der Waals surface area contributed by atoms with E-state index in [-0.39, 0.29) is 18.2 Å². The van der Waals surface area contributed by atoms with E-state index in [9.17, 15) is 13.6 Å². The molecular formula is C26H22F2N4O2. The summed E-state index contributed by atoms with van der Waals surface area (Å²) < 4.78 is 31.0. The first-order chi connectivity index (χ1) is 16.6. The number of hydrogen-bond donors (Lipinski definition) is 1. The summed E-state index contributed by atoms with van der Waals surface area (Å²) in [5.74, 6) is -0.280. The number of rotatable bonds is 9. The van der Waals surface area contributed by atoms with Crippen molar-refractivity contribution in [2.24, 2.45) is 0 Å². The van der Waals surface area contributed by atoms with Crippen molar-refractivity contribution in [2.45, 2.75) is 19.7 Å². The summed E-state index contributed by atoms with van der Waals surface area (Å²) in [5, 5.41) is 7.45. The molecule has 2 heterocycles. The molecule has 0 saturated heterocycles. The summed E-state index contributed by atoms with van der Waals surface area (Å²) in [6.45, 7) is -2.14. The third kappa shape index (κ3) is 6.35. The van der Waals surface area contributed by atoms with Gasteiger partial charge in [0.05, 0.1) is 6.54 Å². The minimum atomic E-state index is -2.90. The van der Waals surface area contributed by atoms with E-state index in [1.54, 1.807) is 30.6 Å². The second-order valence-electron chi connectivity index (χ2n) is 7.43. The maximum absolute atomic E-state index is 12.4. The molecule has 2 aromatic heterocycles. The van der Waals surface area contributed by atoms with Crippen LogP contribution in [-0.4, -0.2) is 27.3 Å². The van der Waals surface area contributed by atoms with Gasteiger partial charge in [-0.25, -0.2) is 0 Å². The summed E-state index contributed by atoms with van der Waals surface area (Å²) >= 11 is 0. The highest BCUT2D eigenvalue weighted by Crippen LogP contribution is 2.23. The molecule has 0 aliphatic heterocycles. The average molecular weight is 460 g/mol. The van der Waals surface area contributed by atoms with Crippen LogP contribution in [0.15, 0.2) is 91.4 Å². The lowest BCUT2D eigenvalue weighted by atomic mass is 10.1. The van der Waals surface area contributed by atoms with E-state index in [0.717, 1.165) is 16.7 Å². The summed E-state index contributed by atoms with van der Waals surface area (Å²) in [5.41, 5.74) is 4.07. The van der Waals surface area contributed by atoms with E-state index in [0.29, 0.717) is 17.8 Å². The van der Waals surface area contributed by atoms with Crippen molar-refractivity contribution in [3.05, 3.63) is 108 Å². The fraction of sp³-hybridized carbons (Fsp3) is 0.115. The van der Waals surface area contributed by atoms with Gasteiger partial charge in [-0.15, -0.1) is 0 Å². The van der Waals surface area contributed by atoms with Crippen LogP contribution in [0.4, 0.5) is 8.78 Å². The zero-order chi connectivity index (χ0) is 23.8. The maximum atomic E-state index is 12.4. The van der Waals surface area contributed by atoms with Crippen molar-refractivity contribution in [3.8, 4) is 17.0 Å². The molecule has 2 aromatic carbocycles. The van der Waals surface area contributed by atoms with Gasteiger partial charge < -0.3 is 10.1 Å². The molecule has 172 valence electrons. The molecule has 0 saturated carbocycles. The number of alkyl halides is 2. The molecule has 0 unspecified atom stereocenters. The van der Waals surface area contributed by atoms with Gasteiger partial charge in [-0.3, -0.25) is 14.5 Å². The van der Waals surface area contributed by atoms with Crippen molar-refractivity contribution < 1.29 is 18.3 Å². The zero-order valence-electron chi connectivity index (χ0n) is 18.1. The third-order valence-electron chi connectivity index (χ3n) is 4.92. The van der Waals surface area contributed by atoms with Crippen LogP contribution in [0.25, 0.3) is 17.3 Å². The van der Waals surface area contributed by atoms with Crippen molar-refractivity contribution in [3.63, 3.8) is 0 Å². The first-order valence-corrected chi connectivity index (χ1v) is 10.6. The van der Waals surface area contributed by atoms with E-state index in [1.165, 1.54) is 18.2 Å². The SMILES string of the molecule is O=C(/C=C/c1cn(Cc2ccccc2)nc1-c1cccnc1)NCc1cccc(OC(F)F)c1. The predicted octanol–water partition coefficient (Wildman–Crippen LogP) is 4.92. The minimum Gasteiger partial charge on any atom is -0.435 e. The number of benzene rings is 2. The molecule has 6 nitrogen and oxygen atoms in total. The van der Waals surface area contributed by atoms with Gasteiger partial charge in [0.2, 0.25) is 5.91 Å². The number of pyridine rings is 1. The van der Waals surface area contributed by atoms with Crippen LogP contribution in [-0.2, 0) is 17.9 Å². The molecule has 34 heavy (non-hydrogen) atoms. The Hall–Kier alpha value is -4.33. The number of amides is 1. The monoisotopic (exact) mass is 460 g/mol. The van der Waals surface area contributed by atoms with Crippen LogP contribution >= 0.6 is 0 Å². The Labute approximate surface area is 195 Å². The topological polar surface area (TPSA) is 69.0 Å². The molecule has 1 N–H and O–H groups in total. The Bertz CT molecular complexity index is 1260. The summed E-state index contributed by atoms with van der Waals surface area (Å²) in [7, 11) is 0. The molecule has 8 heteroatoms. The second-order valence-corrected chi connectivity index (χ2v) is 7.43. The minimum absolute atomic E-state index is 0.0456. The Morgan fingerprint density at radius 3 is 2.65 bits per heavy atom. The van der Waals surface area contributed by atoms with Crippen molar-refractivity contribution in [1.29, 1.82) is 0 Å². The fourth-order valence-corrected chi connectivity index (χ4v) is 3.38. The van der Waals surface area contributed by atoms with Gasteiger partial charge in [0, 0.05) is 42.3 Å². The number of halogens is 2. The van der Waals surface area contributed by atoms with Gasteiger partial charge in [-0.2, -0.15) is 13.9 Å². The molecule has 4 rings (SSSR count). The van der Waals surface area contributed by atoms with Crippen molar-refractivity contribution in [1.82, 2.24) is 20.1 Å². The standard InChI is InChI=1S/C26H22F2N4O2/c27-26(28)34-23-10-4-8-20(14-23)15-30-24(33)12-11-22-18-32(17-19-6-2-1-3-7-19)31-25(22)21-9-5-13-29-16-21/h1-14,16,18,26H,15,17H2,(H,30,33)/b12-11+. The zero-order valence-corrected chi connectivity index (χ0v) is 18.1. The van der Waals surface area contributed by atoms with Gasteiger partial charge in [-0.05, 0) is 41.5 Å². The molecule has 0 bridgehead atoms. The smallest absolute Gasteiger partial charge is 0.387 e. The number of carbonyl (C=O) groups is 1. The van der Waals surface area contributed by atoms with Gasteiger partial charge in [-0.1, -0.05) is 42.5 Å². The van der Waals surface area contributed by atoms with Crippen molar-refractivity contribution >= 4 is 12.0 Å². The van der Waals surface area contributed by atoms with Gasteiger partial charge in [0.1, 0.15) is 11.4 Å². The predicted molar refractivity (Wildman–Crippen MR) is 125 cm³/mol. The lowest BCUT2D eigenvalue weighted by Gasteiger charge is -2.07. The number of aromatic nitrogens is 3. The van der Waals surface area contributed by atoms with E-state index < -0.39 is 6.61 Å². The summed E-state index contributed by atoms with van der Waals surface area (Å²) in [4.78, 5) is 16.6. The normalized spacial score (nSPS) is 11.1. The van der Waals surface area contributed by atoms with Crippen LogP contribution in [0.3, 0.4) is 0 Å². The molecule has 0 radical (unpaired) electrons. The summed E-state index contributed by atoms with van der Waals surface area (Å²) in [6, 6.07) is 19.9. The maximum Gasteiger partial charge on any atom is 0.387 e. The number of carbonyl (C=O) groups excluding carboxylic acids is 1. The van der Waals surface area contributed by atoms with Crippen LogP contribution in [0.5, 0.6) is 5.75 Å². The highest BCUT2D eigenvalue weighted by atomic mass is 19.3. The first-order valence-electron chi connectivity index (χ1n) is 10.6. The molecular weight excluding hydrogens is 438 g/mol. The molecule has 0 aliphatic rings. The highest BCUT2D eigenvalue weighted by Gasteiger charge is 2.11. The van der Waals surface area contributed by atoms with E-state index >= 15 is 0 Å². The summed E-state index contributed by atoms with van der Waals surface area (Å²) in [6.07, 6.45) is 8.41. The number of nitrogens with one attached hydrogen (secondary N) is 1. The average Bonchev–Trinajstić information content (AvgIpc) is 3.25. The van der Waals surface area contributed by atoms with E-state index in [2.05, 4.69) is 15.0 Å². The van der Waals surface area contributed by atoms with Crippen LogP contribution in [0, 0.1) is 0 Å². The fourth-order valence-electron chi connectivity index (χ4n) is 3.38. The Kier molecular flexibility index (Phi) is 7.39. The quantitative estimate of drug-likeness (QED) is 0.360. The molecule has 0 atom stereocenters. The number of ether oxygens (including phenoxy) is 1. The Morgan fingerprint density at radius 1 is 1.06 bits per heavy atom.